The van der Waals surface area contributed by atoms with E-state index in [1.807, 2.05) is 36.7 Å². The number of hydrogen-bond acceptors (Lipinski definition) is 7. The molecule has 0 aliphatic carbocycles. The predicted octanol–water partition coefficient (Wildman–Crippen LogP) is 2.22. The van der Waals surface area contributed by atoms with Gasteiger partial charge in [-0.1, -0.05) is 24.3 Å². The number of thiazole rings is 1. The van der Waals surface area contributed by atoms with Crippen molar-refractivity contribution >= 4 is 34.9 Å². The van der Waals surface area contributed by atoms with Crippen molar-refractivity contribution in [1.29, 1.82) is 0 Å². The van der Waals surface area contributed by atoms with Gasteiger partial charge in [-0.05, 0) is 44.2 Å². The summed E-state index contributed by atoms with van der Waals surface area (Å²) in [6, 6.07) is 6.68. The Morgan fingerprint density at radius 3 is 2.61 bits per heavy atom. The third-order valence-corrected chi connectivity index (χ3v) is 8.55. The highest BCUT2D eigenvalue weighted by Crippen LogP contribution is 2.34. The number of hydrogen-bond donors (Lipinski definition) is 2. The molecule has 36 heavy (non-hydrogen) atoms. The summed E-state index contributed by atoms with van der Waals surface area (Å²) in [7, 11) is 0. The van der Waals surface area contributed by atoms with Crippen LogP contribution in [0.4, 0.5) is 0 Å². The molecule has 2 unspecified atom stereocenters. The van der Waals surface area contributed by atoms with Gasteiger partial charge in [-0.3, -0.25) is 14.4 Å². The number of piperidine rings is 1. The van der Waals surface area contributed by atoms with E-state index in [2.05, 4.69) is 15.3 Å². The average Bonchev–Trinajstić information content (AvgIpc) is 3.56. The molecule has 9 nitrogen and oxygen atoms in total. The number of amides is 3. The number of aromatic nitrogens is 1. The monoisotopic (exact) mass is 509 g/mol. The summed E-state index contributed by atoms with van der Waals surface area (Å²) in [4.78, 5) is 51.8. The molecule has 10 heteroatoms. The molecule has 4 atom stereocenters. The Morgan fingerprint density at radius 2 is 1.94 bits per heavy atom. The van der Waals surface area contributed by atoms with Gasteiger partial charge in [0.1, 0.15) is 17.4 Å². The maximum atomic E-state index is 13.6. The lowest BCUT2D eigenvalue weighted by Crippen LogP contribution is -2.56. The average molecular weight is 510 g/mol. The van der Waals surface area contributed by atoms with Gasteiger partial charge in [0.25, 0.3) is 5.91 Å². The topological polar surface area (TPSA) is 115 Å². The van der Waals surface area contributed by atoms with Crippen molar-refractivity contribution in [3.8, 4) is 10.4 Å². The first-order valence-electron chi connectivity index (χ1n) is 12.4. The van der Waals surface area contributed by atoms with Crippen LogP contribution in [0.3, 0.4) is 0 Å². The number of aliphatic imine (C=N–C) groups is 1. The molecule has 4 heterocycles. The fraction of sp³-hybridized carbons (Fsp3) is 0.500. The Kier molecular flexibility index (Phi) is 6.42. The lowest BCUT2D eigenvalue weighted by atomic mass is 9.91. The molecule has 0 radical (unpaired) electrons. The summed E-state index contributed by atoms with van der Waals surface area (Å²) < 4.78 is 0. The molecule has 2 N–H and O–H groups in total. The van der Waals surface area contributed by atoms with Gasteiger partial charge in [0.2, 0.25) is 11.8 Å². The molecular weight excluding hydrogens is 478 g/mol. The molecule has 3 aliphatic rings. The van der Waals surface area contributed by atoms with E-state index in [1.165, 1.54) is 6.92 Å². The zero-order valence-corrected chi connectivity index (χ0v) is 21.5. The van der Waals surface area contributed by atoms with Crippen molar-refractivity contribution in [3.05, 3.63) is 41.0 Å². The maximum absolute atomic E-state index is 13.6. The summed E-state index contributed by atoms with van der Waals surface area (Å²) in [5, 5.41) is 13.8. The highest BCUT2D eigenvalue weighted by atomic mass is 32.1. The predicted molar refractivity (Wildman–Crippen MR) is 136 cm³/mol. The second kappa shape index (κ2) is 9.40. The Labute approximate surface area is 214 Å². The van der Waals surface area contributed by atoms with Crippen molar-refractivity contribution in [2.45, 2.75) is 70.2 Å². The number of amidine groups is 1. The first kappa shape index (κ1) is 24.6. The highest BCUT2D eigenvalue weighted by Gasteiger charge is 2.48. The third-order valence-electron chi connectivity index (χ3n) is 7.57. The molecule has 2 aromatic rings. The Morgan fingerprint density at radius 1 is 1.19 bits per heavy atom. The van der Waals surface area contributed by atoms with E-state index in [-0.39, 0.29) is 30.7 Å². The van der Waals surface area contributed by atoms with Crippen LogP contribution in [0.5, 0.6) is 0 Å². The Bertz CT molecular complexity index is 1230. The first-order valence-corrected chi connectivity index (χ1v) is 13.2. The molecule has 0 saturated carbocycles. The van der Waals surface area contributed by atoms with Crippen LogP contribution in [0.1, 0.15) is 50.8 Å². The number of aliphatic hydroxyl groups is 1. The lowest BCUT2D eigenvalue weighted by molar-refractivity contribution is -0.146. The number of nitrogens with zero attached hydrogens (tertiary/aromatic N) is 4. The van der Waals surface area contributed by atoms with Crippen LogP contribution in [0.15, 0.2) is 34.8 Å². The molecule has 2 saturated heterocycles. The van der Waals surface area contributed by atoms with Gasteiger partial charge in [0.15, 0.2) is 0 Å². The standard InChI is InChI=1S/C26H31N5O4S/c1-15-22(36-14-27-15)17-7-9-18(10-8-17)26(3)25(35)28-23(29-26)21-12-19(33)13-31(21)24(34)20-6-4-5-11-30(20)16(2)32/h7-10,14,19-21,33H,4-6,11-13H2,1-3H3,(H,28,29,35)/t19-,20?,21?,26+/m1/s1. The second-order valence-electron chi connectivity index (χ2n) is 10.0. The summed E-state index contributed by atoms with van der Waals surface area (Å²) in [6.45, 7) is 5.94. The van der Waals surface area contributed by atoms with Crippen molar-refractivity contribution in [1.82, 2.24) is 20.1 Å². The Balaban J connectivity index is 1.37. The largest absolute Gasteiger partial charge is 0.391 e. The lowest BCUT2D eigenvalue weighted by Gasteiger charge is -2.38. The van der Waals surface area contributed by atoms with E-state index in [4.69, 9.17) is 0 Å². The molecule has 0 bridgehead atoms. The smallest absolute Gasteiger partial charge is 0.277 e. The molecule has 1 aromatic carbocycles. The van der Waals surface area contributed by atoms with Crippen LogP contribution < -0.4 is 5.32 Å². The number of aryl methyl sites for hydroxylation is 1. The van der Waals surface area contributed by atoms with Crippen molar-refractivity contribution in [3.63, 3.8) is 0 Å². The number of benzene rings is 1. The molecule has 1 aromatic heterocycles. The second-order valence-corrected chi connectivity index (χ2v) is 10.9. The van der Waals surface area contributed by atoms with Crippen LogP contribution >= 0.6 is 11.3 Å². The van der Waals surface area contributed by atoms with Crippen LogP contribution in [-0.4, -0.2) is 74.7 Å². The molecule has 190 valence electrons. The number of likely N-dealkylation sites (tertiary alicyclic amines) is 2. The Hall–Kier alpha value is -3.11. The van der Waals surface area contributed by atoms with Crippen LogP contribution in [0, 0.1) is 6.92 Å². The van der Waals surface area contributed by atoms with E-state index in [1.54, 1.807) is 28.1 Å². The quantitative estimate of drug-likeness (QED) is 0.653. The van der Waals surface area contributed by atoms with Crippen LogP contribution in [-0.2, 0) is 19.9 Å². The van der Waals surface area contributed by atoms with Gasteiger partial charge < -0.3 is 20.2 Å². The minimum atomic E-state index is -1.07. The van der Waals surface area contributed by atoms with E-state index in [9.17, 15) is 19.5 Å². The fourth-order valence-electron chi connectivity index (χ4n) is 5.52. The number of β-amino-alcohol motifs (C(OH)–C–C–N with tert-alkyl or cyclic N) is 1. The number of carbonyl (C=O) groups excluding carboxylic acids is 3. The van der Waals surface area contributed by atoms with Crippen LogP contribution in [0.25, 0.3) is 10.4 Å². The molecule has 2 fully saturated rings. The molecule has 0 spiro atoms. The van der Waals surface area contributed by atoms with Gasteiger partial charge in [-0.25, -0.2) is 4.98 Å². The molecule has 3 amide bonds. The first-order chi connectivity index (χ1) is 17.2. The van der Waals surface area contributed by atoms with Crippen molar-refractivity contribution in [2.75, 3.05) is 13.1 Å². The van der Waals surface area contributed by atoms with Gasteiger partial charge >= 0.3 is 0 Å². The normalized spacial score (nSPS) is 28.3. The summed E-state index contributed by atoms with van der Waals surface area (Å²) in [5.74, 6) is -0.266. The van der Waals surface area contributed by atoms with E-state index in [0.717, 1.165) is 34.5 Å². The van der Waals surface area contributed by atoms with Crippen molar-refractivity contribution < 1.29 is 19.5 Å². The summed E-state index contributed by atoms with van der Waals surface area (Å²) in [5.41, 5.74) is 3.50. The molecule has 5 rings (SSSR count). The van der Waals surface area contributed by atoms with Crippen molar-refractivity contribution in [2.24, 2.45) is 4.99 Å². The van der Waals surface area contributed by atoms with Gasteiger partial charge in [0, 0.05) is 26.4 Å². The van der Waals surface area contributed by atoms with E-state index in [0.29, 0.717) is 18.8 Å². The minimum absolute atomic E-state index is 0.125. The fourth-order valence-corrected chi connectivity index (χ4v) is 6.33. The SMILES string of the molecule is CC(=O)N1CCCCC1C(=O)N1C[C@H](O)CC1C1=NC(=O)[C@](C)(c2ccc(-c3scnc3C)cc2)N1. The zero-order valence-electron chi connectivity index (χ0n) is 20.7. The summed E-state index contributed by atoms with van der Waals surface area (Å²) >= 11 is 1.57. The minimum Gasteiger partial charge on any atom is -0.391 e. The molecule has 3 aliphatic heterocycles. The van der Waals surface area contributed by atoms with E-state index < -0.39 is 23.7 Å². The van der Waals surface area contributed by atoms with E-state index >= 15 is 0 Å². The van der Waals surface area contributed by atoms with Gasteiger partial charge in [-0.15, -0.1) is 11.3 Å². The number of carbonyl (C=O) groups is 3. The third kappa shape index (κ3) is 4.22. The van der Waals surface area contributed by atoms with Gasteiger partial charge in [-0.2, -0.15) is 4.99 Å². The number of rotatable bonds is 4. The van der Waals surface area contributed by atoms with Gasteiger partial charge in [0.05, 0.1) is 28.2 Å². The van der Waals surface area contributed by atoms with Crippen LogP contribution in [0.2, 0.25) is 0 Å². The molecular formula is C26H31N5O4S. The maximum Gasteiger partial charge on any atom is 0.277 e. The zero-order chi connectivity index (χ0) is 25.6. The number of nitrogens with one attached hydrogen (secondary N) is 1. The number of aliphatic hydroxyl groups excluding tert-OH is 1. The summed E-state index contributed by atoms with van der Waals surface area (Å²) in [6.07, 6.45) is 1.91. The highest BCUT2D eigenvalue weighted by molar-refractivity contribution is 7.13.